The predicted octanol–water partition coefficient (Wildman–Crippen LogP) is 4.84. The summed E-state index contributed by atoms with van der Waals surface area (Å²) >= 11 is 10.9. The maximum Gasteiger partial charge on any atom is 0.201 e. The van der Waals surface area contributed by atoms with Crippen LogP contribution in [0.5, 0.6) is 0 Å². The van der Waals surface area contributed by atoms with Crippen LogP contribution >= 0.6 is 47.8 Å². The molecule has 1 heterocycles. The van der Waals surface area contributed by atoms with E-state index < -0.39 is 0 Å². The largest absolute Gasteiger partial charge is 0.352 e. The van der Waals surface area contributed by atoms with Crippen molar-refractivity contribution in [1.82, 2.24) is 9.97 Å². The number of aromatic amines is 1. The van der Waals surface area contributed by atoms with Crippen molar-refractivity contribution < 1.29 is 0 Å². The van der Waals surface area contributed by atoms with Crippen LogP contribution in [0.2, 0.25) is 0 Å². The van der Waals surface area contributed by atoms with Crippen LogP contribution in [0, 0.1) is 6.92 Å². The van der Waals surface area contributed by atoms with Crippen molar-refractivity contribution in [2.45, 2.75) is 44.7 Å². The zero-order valence-corrected chi connectivity index (χ0v) is 16.4. The molecule has 1 fully saturated rings. The molecular weight excluding hydrogens is 464 g/mol. The summed E-state index contributed by atoms with van der Waals surface area (Å²) in [4.78, 5) is 8.04. The Bertz CT molecular complexity index is 638. The van der Waals surface area contributed by atoms with Crippen LogP contribution < -0.4 is 11.1 Å². The highest BCUT2D eigenvalue weighted by Gasteiger charge is 2.23. The molecule has 0 saturated heterocycles. The van der Waals surface area contributed by atoms with Crippen molar-refractivity contribution in [3.8, 4) is 0 Å². The van der Waals surface area contributed by atoms with Gasteiger partial charge < -0.3 is 16.0 Å². The quantitative estimate of drug-likeness (QED) is 0.539. The summed E-state index contributed by atoms with van der Waals surface area (Å²) < 4.78 is 3.02. The molecule has 0 amide bonds. The summed E-state index contributed by atoms with van der Waals surface area (Å²) in [5.74, 6) is 0.784. The number of halogens is 3. The van der Waals surface area contributed by atoms with Gasteiger partial charge in [-0.2, -0.15) is 0 Å². The number of nitrogens with one attached hydrogen (secondary N) is 2. The van der Waals surface area contributed by atoms with Crippen LogP contribution in [-0.4, -0.2) is 22.1 Å². The third-order valence-corrected chi connectivity index (χ3v) is 7.41. The molecule has 1 saturated carbocycles. The topological polar surface area (TPSA) is 66.7 Å². The van der Waals surface area contributed by atoms with Gasteiger partial charge in [-0.3, -0.25) is 0 Å². The van der Waals surface area contributed by atoms with E-state index in [0.717, 1.165) is 48.8 Å². The Morgan fingerprint density at radius 3 is 2.57 bits per heavy atom. The molecule has 2 unspecified atom stereocenters. The highest BCUT2D eigenvalue weighted by atomic mass is 79.9. The van der Waals surface area contributed by atoms with Gasteiger partial charge in [0.2, 0.25) is 5.95 Å². The number of aromatic nitrogens is 2. The van der Waals surface area contributed by atoms with Crippen LogP contribution in [0.1, 0.15) is 31.2 Å². The molecule has 114 valence electrons. The summed E-state index contributed by atoms with van der Waals surface area (Å²) in [6, 6.07) is 0.494. The number of H-pyrrole nitrogens is 1. The lowest BCUT2D eigenvalue weighted by Gasteiger charge is -2.29. The first-order chi connectivity index (χ1) is 9.99. The highest BCUT2D eigenvalue weighted by Crippen LogP contribution is 2.39. The molecule has 0 bridgehead atoms. The van der Waals surface area contributed by atoms with Crippen molar-refractivity contribution in [2.75, 3.05) is 5.32 Å². The van der Waals surface area contributed by atoms with Crippen molar-refractivity contribution in [2.24, 2.45) is 5.73 Å². The van der Waals surface area contributed by atoms with Crippen LogP contribution in [0.25, 0.3) is 11.0 Å². The van der Waals surface area contributed by atoms with Crippen LogP contribution in [0.4, 0.5) is 5.95 Å². The monoisotopic (exact) mass is 478 g/mol. The molecule has 4 nitrogen and oxygen atoms in total. The lowest BCUT2D eigenvalue weighted by atomic mass is 9.91. The number of nitrogens with two attached hydrogens (primary N) is 1. The molecule has 4 N–H and O–H groups in total. The zero-order valence-electron chi connectivity index (χ0n) is 11.6. The third kappa shape index (κ3) is 2.90. The van der Waals surface area contributed by atoms with Crippen molar-refractivity contribution >= 4 is 64.8 Å². The fourth-order valence-electron chi connectivity index (χ4n) is 2.83. The predicted molar refractivity (Wildman–Crippen MR) is 97.8 cm³/mol. The minimum atomic E-state index is 0.201. The van der Waals surface area contributed by atoms with Gasteiger partial charge in [0.25, 0.3) is 0 Å². The van der Waals surface area contributed by atoms with E-state index in [2.05, 4.69) is 70.0 Å². The minimum absolute atomic E-state index is 0.201. The Hall–Kier alpha value is -0.110. The maximum absolute atomic E-state index is 6.20. The first-order valence-electron chi connectivity index (χ1n) is 7.04. The number of benzene rings is 1. The highest BCUT2D eigenvalue weighted by molar-refractivity contribution is 9.13. The van der Waals surface area contributed by atoms with Crippen LogP contribution in [-0.2, 0) is 0 Å². The van der Waals surface area contributed by atoms with E-state index in [1.54, 1.807) is 0 Å². The van der Waals surface area contributed by atoms with Crippen molar-refractivity contribution in [3.63, 3.8) is 0 Å². The average molecular weight is 481 g/mol. The van der Waals surface area contributed by atoms with E-state index in [0.29, 0.717) is 6.04 Å². The summed E-state index contributed by atoms with van der Waals surface area (Å²) in [5.41, 5.74) is 9.24. The van der Waals surface area contributed by atoms with Crippen LogP contribution in [0.15, 0.2) is 13.4 Å². The number of hydrogen-bond donors (Lipinski definition) is 3. The second-order valence-electron chi connectivity index (χ2n) is 5.58. The normalized spacial score (nSPS) is 22.7. The van der Waals surface area contributed by atoms with E-state index >= 15 is 0 Å². The summed E-state index contributed by atoms with van der Waals surface area (Å²) in [6.45, 7) is 2.06. The fourth-order valence-corrected chi connectivity index (χ4v) is 4.55. The molecule has 1 aromatic carbocycles. The van der Waals surface area contributed by atoms with Gasteiger partial charge in [-0.25, -0.2) is 4.98 Å². The van der Waals surface area contributed by atoms with E-state index in [4.69, 9.17) is 5.73 Å². The number of fused-ring (bicyclic) bond motifs is 1. The Labute approximate surface area is 149 Å². The standard InChI is InChI=1S/C14H17Br3N4/c1-6-9(15)11(17)13-12(10(6)16)20-14(21-13)19-8-5-3-2-4-7(8)18/h7-8H,2-5,18H2,1H3,(H2,19,20,21). The van der Waals surface area contributed by atoms with Crippen molar-refractivity contribution in [3.05, 3.63) is 19.0 Å². The molecule has 0 radical (unpaired) electrons. The SMILES string of the molecule is Cc1c(Br)c(Br)c2nc(NC3CCCCC3N)[nH]c2c1Br. The molecule has 1 aliphatic carbocycles. The Balaban J connectivity index is 1.98. The fraction of sp³-hybridized carbons (Fsp3) is 0.500. The minimum Gasteiger partial charge on any atom is -0.352 e. The second kappa shape index (κ2) is 6.18. The molecule has 2 aromatic rings. The Kier molecular flexibility index (Phi) is 4.64. The van der Waals surface area contributed by atoms with Gasteiger partial charge in [-0.15, -0.1) is 0 Å². The van der Waals surface area contributed by atoms with Gasteiger partial charge in [0, 0.05) is 21.0 Å². The van der Waals surface area contributed by atoms with Crippen molar-refractivity contribution in [1.29, 1.82) is 0 Å². The molecule has 7 heteroatoms. The lowest BCUT2D eigenvalue weighted by Crippen LogP contribution is -2.42. The van der Waals surface area contributed by atoms with E-state index in [1.807, 2.05) is 0 Å². The van der Waals surface area contributed by atoms with Gasteiger partial charge in [0.1, 0.15) is 5.52 Å². The lowest BCUT2D eigenvalue weighted by molar-refractivity contribution is 0.403. The molecule has 0 spiro atoms. The van der Waals surface area contributed by atoms with E-state index in [-0.39, 0.29) is 6.04 Å². The second-order valence-corrected chi connectivity index (χ2v) is 7.95. The summed E-state index contributed by atoms with van der Waals surface area (Å²) in [6.07, 6.45) is 4.63. The number of rotatable bonds is 2. The summed E-state index contributed by atoms with van der Waals surface area (Å²) in [5, 5.41) is 3.46. The van der Waals surface area contributed by atoms with E-state index in [9.17, 15) is 0 Å². The van der Waals surface area contributed by atoms with Gasteiger partial charge >= 0.3 is 0 Å². The van der Waals surface area contributed by atoms with Gasteiger partial charge in [-0.05, 0) is 73.1 Å². The molecule has 3 rings (SSSR count). The first kappa shape index (κ1) is 15.8. The summed E-state index contributed by atoms with van der Waals surface area (Å²) in [7, 11) is 0. The molecule has 21 heavy (non-hydrogen) atoms. The van der Waals surface area contributed by atoms with Gasteiger partial charge in [0.05, 0.1) is 9.99 Å². The van der Waals surface area contributed by atoms with E-state index in [1.165, 1.54) is 12.8 Å². The number of hydrogen-bond acceptors (Lipinski definition) is 3. The number of imidazole rings is 1. The maximum atomic E-state index is 6.20. The molecule has 2 atom stereocenters. The molecule has 1 aromatic heterocycles. The molecular formula is C14H17Br3N4. The zero-order chi connectivity index (χ0) is 15.1. The number of anilines is 1. The molecule has 1 aliphatic rings. The number of nitrogens with zero attached hydrogens (tertiary/aromatic N) is 1. The first-order valence-corrected chi connectivity index (χ1v) is 9.41. The smallest absolute Gasteiger partial charge is 0.201 e. The van der Waals surface area contributed by atoms with Gasteiger partial charge in [0.15, 0.2) is 0 Å². The Morgan fingerprint density at radius 2 is 1.86 bits per heavy atom. The third-order valence-electron chi connectivity index (χ3n) is 4.12. The average Bonchev–Trinajstić information content (AvgIpc) is 2.89. The van der Waals surface area contributed by atoms with Gasteiger partial charge in [-0.1, -0.05) is 12.8 Å². The molecule has 0 aliphatic heterocycles. The Morgan fingerprint density at radius 1 is 1.14 bits per heavy atom. The van der Waals surface area contributed by atoms with Crippen LogP contribution in [0.3, 0.4) is 0 Å².